The Balaban J connectivity index is 1.89. The van der Waals surface area contributed by atoms with Crippen molar-refractivity contribution < 1.29 is 14.3 Å². The number of methoxy groups -OCH3 is 1. The standard InChI is InChI=1S/C21H33N3O3/c1-16-10-13-24(14-11-16)18-8-6-17(7-9-18)23-20(26)21(2,3)19(25)22-12-5-15-27-4/h6-9,16H,5,10-15H2,1-4H3,(H,22,25)(H,23,26). The minimum absolute atomic E-state index is 0.282. The molecule has 1 aliphatic heterocycles. The van der Waals surface area contributed by atoms with Crippen LogP contribution in [0.2, 0.25) is 0 Å². The lowest BCUT2D eigenvalue weighted by molar-refractivity contribution is -0.138. The van der Waals surface area contributed by atoms with Crippen LogP contribution in [0, 0.1) is 11.3 Å². The molecule has 0 radical (unpaired) electrons. The van der Waals surface area contributed by atoms with Crippen molar-refractivity contribution in [2.75, 3.05) is 43.6 Å². The fourth-order valence-electron chi connectivity index (χ4n) is 3.05. The highest BCUT2D eigenvalue weighted by atomic mass is 16.5. The van der Waals surface area contributed by atoms with Gasteiger partial charge in [0.2, 0.25) is 11.8 Å². The number of benzene rings is 1. The Morgan fingerprint density at radius 1 is 1.15 bits per heavy atom. The highest BCUT2D eigenvalue weighted by Crippen LogP contribution is 2.25. The summed E-state index contributed by atoms with van der Waals surface area (Å²) in [5.41, 5.74) is 0.735. The van der Waals surface area contributed by atoms with E-state index >= 15 is 0 Å². The molecule has 6 nitrogen and oxygen atoms in total. The average Bonchev–Trinajstić information content (AvgIpc) is 2.66. The normalized spacial score (nSPS) is 15.5. The maximum Gasteiger partial charge on any atom is 0.239 e. The fourth-order valence-corrected chi connectivity index (χ4v) is 3.05. The summed E-state index contributed by atoms with van der Waals surface area (Å²) in [4.78, 5) is 27.3. The number of rotatable bonds is 8. The minimum atomic E-state index is -1.14. The first-order valence-electron chi connectivity index (χ1n) is 9.78. The zero-order chi connectivity index (χ0) is 19.9. The lowest BCUT2D eigenvalue weighted by atomic mass is 9.91. The highest BCUT2D eigenvalue weighted by Gasteiger charge is 2.35. The summed E-state index contributed by atoms with van der Waals surface area (Å²) >= 11 is 0. The van der Waals surface area contributed by atoms with E-state index in [2.05, 4.69) is 22.5 Å². The Morgan fingerprint density at radius 2 is 1.78 bits per heavy atom. The van der Waals surface area contributed by atoms with Crippen molar-refractivity contribution >= 4 is 23.2 Å². The first kappa shape index (κ1) is 21.2. The molecule has 1 aromatic carbocycles. The van der Waals surface area contributed by atoms with Gasteiger partial charge in [-0.3, -0.25) is 9.59 Å². The summed E-state index contributed by atoms with van der Waals surface area (Å²) in [6.07, 6.45) is 3.15. The van der Waals surface area contributed by atoms with Gasteiger partial charge in [-0.15, -0.1) is 0 Å². The van der Waals surface area contributed by atoms with E-state index in [1.54, 1.807) is 21.0 Å². The Labute approximate surface area is 162 Å². The molecule has 2 N–H and O–H groups in total. The maximum absolute atomic E-state index is 12.6. The number of hydrogen-bond donors (Lipinski definition) is 2. The first-order chi connectivity index (χ1) is 12.8. The highest BCUT2D eigenvalue weighted by molar-refractivity contribution is 6.09. The number of amides is 2. The molecule has 1 saturated heterocycles. The molecule has 0 unspecified atom stereocenters. The van der Waals surface area contributed by atoms with E-state index in [1.807, 2.05) is 24.3 Å². The number of hydrogen-bond acceptors (Lipinski definition) is 4. The number of piperidine rings is 1. The van der Waals surface area contributed by atoms with E-state index in [4.69, 9.17) is 4.74 Å². The van der Waals surface area contributed by atoms with E-state index in [0.29, 0.717) is 18.8 Å². The number of nitrogens with one attached hydrogen (secondary N) is 2. The third kappa shape index (κ3) is 5.96. The Kier molecular flexibility index (Phi) is 7.66. The van der Waals surface area contributed by atoms with E-state index in [9.17, 15) is 9.59 Å². The van der Waals surface area contributed by atoms with Crippen LogP contribution in [0.1, 0.15) is 40.0 Å². The second kappa shape index (κ2) is 9.74. The van der Waals surface area contributed by atoms with Crippen molar-refractivity contribution in [3.63, 3.8) is 0 Å². The van der Waals surface area contributed by atoms with Crippen LogP contribution in [0.4, 0.5) is 11.4 Å². The molecular weight excluding hydrogens is 342 g/mol. The summed E-state index contributed by atoms with van der Waals surface area (Å²) < 4.78 is 4.96. The van der Waals surface area contributed by atoms with Gasteiger partial charge in [-0.1, -0.05) is 6.92 Å². The van der Waals surface area contributed by atoms with Crippen molar-refractivity contribution in [3.05, 3.63) is 24.3 Å². The molecule has 0 aromatic heterocycles. The van der Waals surface area contributed by atoms with Crippen LogP contribution >= 0.6 is 0 Å². The van der Waals surface area contributed by atoms with Gasteiger partial charge in [-0.05, 0) is 63.3 Å². The number of carbonyl (C=O) groups is 2. The molecule has 1 aliphatic rings. The largest absolute Gasteiger partial charge is 0.385 e. The van der Waals surface area contributed by atoms with Gasteiger partial charge < -0.3 is 20.3 Å². The molecule has 0 aliphatic carbocycles. The second-order valence-corrected chi connectivity index (χ2v) is 7.90. The molecule has 27 heavy (non-hydrogen) atoms. The first-order valence-corrected chi connectivity index (χ1v) is 9.78. The van der Waals surface area contributed by atoms with Gasteiger partial charge in [0.1, 0.15) is 5.41 Å². The second-order valence-electron chi connectivity index (χ2n) is 7.90. The van der Waals surface area contributed by atoms with Crippen LogP contribution in [0.15, 0.2) is 24.3 Å². The molecule has 1 heterocycles. The molecular formula is C21H33N3O3. The van der Waals surface area contributed by atoms with Crippen LogP contribution in [-0.4, -0.2) is 45.2 Å². The van der Waals surface area contributed by atoms with Crippen molar-refractivity contribution in [2.45, 2.75) is 40.0 Å². The third-order valence-corrected chi connectivity index (χ3v) is 5.22. The van der Waals surface area contributed by atoms with Gasteiger partial charge in [0.25, 0.3) is 0 Å². The van der Waals surface area contributed by atoms with Crippen LogP contribution in [0.25, 0.3) is 0 Å². The van der Waals surface area contributed by atoms with Gasteiger partial charge in [0.05, 0.1) is 0 Å². The maximum atomic E-state index is 12.6. The molecule has 0 bridgehead atoms. The van der Waals surface area contributed by atoms with Crippen LogP contribution in [0.3, 0.4) is 0 Å². The van der Waals surface area contributed by atoms with Crippen LogP contribution in [0.5, 0.6) is 0 Å². The van der Waals surface area contributed by atoms with Crippen molar-refractivity contribution in [1.29, 1.82) is 0 Å². The molecule has 6 heteroatoms. The molecule has 0 atom stereocenters. The Hall–Kier alpha value is -2.08. The molecule has 2 rings (SSSR count). The number of ether oxygens (including phenoxy) is 1. The van der Waals surface area contributed by atoms with E-state index in [1.165, 1.54) is 18.5 Å². The zero-order valence-electron chi connectivity index (χ0n) is 17.0. The molecule has 2 amide bonds. The lowest BCUT2D eigenvalue weighted by Gasteiger charge is -2.32. The van der Waals surface area contributed by atoms with Gasteiger partial charge in [0, 0.05) is 44.7 Å². The lowest BCUT2D eigenvalue weighted by Crippen LogP contribution is -2.45. The molecule has 0 saturated carbocycles. The number of nitrogens with zero attached hydrogens (tertiary/aromatic N) is 1. The van der Waals surface area contributed by atoms with Crippen molar-refractivity contribution in [3.8, 4) is 0 Å². The van der Waals surface area contributed by atoms with Gasteiger partial charge >= 0.3 is 0 Å². The number of carbonyl (C=O) groups excluding carboxylic acids is 2. The van der Waals surface area contributed by atoms with Crippen molar-refractivity contribution in [1.82, 2.24) is 5.32 Å². The summed E-state index contributed by atoms with van der Waals surface area (Å²) in [6.45, 7) is 8.79. The molecule has 1 aromatic rings. The van der Waals surface area contributed by atoms with Gasteiger partial charge in [-0.2, -0.15) is 0 Å². The van der Waals surface area contributed by atoms with E-state index in [-0.39, 0.29) is 11.8 Å². The smallest absolute Gasteiger partial charge is 0.239 e. The summed E-state index contributed by atoms with van der Waals surface area (Å²) in [5.74, 6) is 0.198. The van der Waals surface area contributed by atoms with Crippen molar-refractivity contribution in [2.24, 2.45) is 11.3 Å². The molecule has 1 fully saturated rings. The SMILES string of the molecule is COCCCNC(=O)C(C)(C)C(=O)Nc1ccc(N2CCC(C)CC2)cc1. The quantitative estimate of drug-likeness (QED) is 0.541. The average molecular weight is 376 g/mol. The molecule has 0 spiro atoms. The third-order valence-electron chi connectivity index (χ3n) is 5.22. The summed E-state index contributed by atoms with van der Waals surface area (Å²) in [6, 6.07) is 7.86. The topological polar surface area (TPSA) is 70.7 Å². The zero-order valence-corrected chi connectivity index (χ0v) is 17.0. The predicted octanol–water partition coefficient (Wildman–Crippen LogP) is 3.04. The summed E-state index contributed by atoms with van der Waals surface area (Å²) in [7, 11) is 1.62. The van der Waals surface area contributed by atoms with Crippen LogP contribution < -0.4 is 15.5 Å². The van der Waals surface area contributed by atoms with E-state index in [0.717, 1.165) is 25.4 Å². The predicted molar refractivity (Wildman–Crippen MR) is 109 cm³/mol. The molecule has 150 valence electrons. The van der Waals surface area contributed by atoms with Gasteiger partial charge in [-0.25, -0.2) is 0 Å². The minimum Gasteiger partial charge on any atom is -0.385 e. The van der Waals surface area contributed by atoms with E-state index < -0.39 is 5.41 Å². The Bertz CT molecular complexity index is 620. The Morgan fingerprint density at radius 3 is 2.37 bits per heavy atom. The summed E-state index contributed by atoms with van der Waals surface area (Å²) in [5, 5.41) is 5.65. The monoisotopic (exact) mass is 375 g/mol. The van der Waals surface area contributed by atoms with Gasteiger partial charge in [0.15, 0.2) is 0 Å². The van der Waals surface area contributed by atoms with Crippen LogP contribution in [-0.2, 0) is 14.3 Å². The number of anilines is 2. The fraction of sp³-hybridized carbons (Fsp3) is 0.619.